The molecule has 3 N–H and O–H groups in total. The zero-order chi connectivity index (χ0) is 18.4. The van der Waals surface area contributed by atoms with Crippen LogP contribution < -0.4 is 10.6 Å². The first-order valence-electron chi connectivity index (χ1n) is 9.11. The number of anilines is 1. The Morgan fingerprint density at radius 3 is 2.50 bits per heavy atom. The van der Waals surface area contributed by atoms with Crippen LogP contribution in [0.2, 0.25) is 0 Å². The van der Waals surface area contributed by atoms with Crippen molar-refractivity contribution in [3.63, 3.8) is 0 Å². The molecule has 26 heavy (non-hydrogen) atoms. The number of urea groups is 1. The smallest absolute Gasteiger partial charge is 0.319 e. The summed E-state index contributed by atoms with van der Waals surface area (Å²) in [6.45, 7) is 1.97. The molecular formula is C21H27N3O2. The van der Waals surface area contributed by atoms with Gasteiger partial charge in [-0.1, -0.05) is 42.5 Å². The average Bonchev–Trinajstić information content (AvgIpc) is 2.64. The first-order valence-corrected chi connectivity index (χ1v) is 9.11. The Morgan fingerprint density at radius 1 is 1.08 bits per heavy atom. The molecule has 5 heteroatoms. The van der Waals surface area contributed by atoms with Gasteiger partial charge in [-0.05, 0) is 49.6 Å². The first-order chi connectivity index (χ1) is 12.5. The number of rotatable bonds is 5. The first kappa shape index (κ1) is 18.4. The number of carbonyl (C=O) groups excluding carboxylic acids is 1. The summed E-state index contributed by atoms with van der Waals surface area (Å²) in [5.74, 6) is 0. The Kier molecular flexibility index (Phi) is 5.91. The van der Waals surface area contributed by atoms with E-state index < -0.39 is 5.60 Å². The summed E-state index contributed by atoms with van der Waals surface area (Å²) < 4.78 is 0. The number of hydrogen-bond donors (Lipinski definition) is 3. The minimum absolute atomic E-state index is 0.274. The minimum atomic E-state index is -0.807. The number of piperidine rings is 1. The van der Waals surface area contributed by atoms with E-state index in [-0.39, 0.29) is 12.6 Å². The number of nitrogens with zero attached hydrogens (tertiary/aromatic N) is 1. The lowest BCUT2D eigenvalue weighted by Gasteiger charge is -2.36. The molecule has 0 unspecified atom stereocenters. The van der Waals surface area contributed by atoms with E-state index in [1.807, 2.05) is 43.4 Å². The lowest BCUT2D eigenvalue weighted by atomic mass is 9.92. The summed E-state index contributed by atoms with van der Waals surface area (Å²) in [5.41, 5.74) is 2.33. The molecule has 2 aromatic carbocycles. The van der Waals surface area contributed by atoms with Gasteiger partial charge in [-0.2, -0.15) is 0 Å². The predicted octanol–water partition coefficient (Wildman–Crippen LogP) is 2.86. The molecule has 1 heterocycles. The van der Waals surface area contributed by atoms with E-state index in [0.717, 1.165) is 30.8 Å². The fourth-order valence-corrected chi connectivity index (χ4v) is 3.22. The van der Waals surface area contributed by atoms with Crippen LogP contribution in [0.5, 0.6) is 0 Å². The molecule has 2 amide bonds. The number of nitrogens with one attached hydrogen (secondary N) is 2. The van der Waals surface area contributed by atoms with Crippen molar-refractivity contribution in [3.8, 4) is 0 Å². The number of benzene rings is 2. The Morgan fingerprint density at radius 2 is 1.77 bits per heavy atom. The van der Waals surface area contributed by atoms with E-state index in [4.69, 9.17) is 0 Å². The second kappa shape index (κ2) is 8.34. The van der Waals surface area contributed by atoms with Gasteiger partial charge in [0.05, 0.1) is 5.60 Å². The van der Waals surface area contributed by atoms with Crippen LogP contribution in [-0.4, -0.2) is 48.3 Å². The maximum absolute atomic E-state index is 12.2. The Labute approximate surface area is 155 Å². The highest BCUT2D eigenvalue weighted by atomic mass is 16.3. The maximum atomic E-state index is 12.2. The van der Waals surface area contributed by atoms with Gasteiger partial charge < -0.3 is 20.6 Å². The molecule has 0 radical (unpaired) electrons. The summed E-state index contributed by atoms with van der Waals surface area (Å²) in [4.78, 5) is 14.4. The van der Waals surface area contributed by atoms with Crippen LogP contribution in [0.15, 0.2) is 54.6 Å². The fourth-order valence-electron chi connectivity index (χ4n) is 3.22. The highest BCUT2D eigenvalue weighted by Gasteiger charge is 2.31. The van der Waals surface area contributed by atoms with Gasteiger partial charge in [0.15, 0.2) is 0 Å². The topological polar surface area (TPSA) is 64.6 Å². The van der Waals surface area contributed by atoms with Gasteiger partial charge in [0.2, 0.25) is 0 Å². The molecule has 1 aliphatic heterocycles. The monoisotopic (exact) mass is 353 g/mol. The second-order valence-corrected chi connectivity index (χ2v) is 7.20. The van der Waals surface area contributed by atoms with Crippen molar-refractivity contribution in [2.24, 2.45) is 0 Å². The summed E-state index contributed by atoms with van der Waals surface area (Å²) in [7, 11) is 2.04. The second-order valence-electron chi connectivity index (χ2n) is 7.20. The van der Waals surface area contributed by atoms with Crippen LogP contribution in [0.3, 0.4) is 0 Å². The normalized spacial score (nSPS) is 16.8. The van der Waals surface area contributed by atoms with Gasteiger partial charge >= 0.3 is 6.03 Å². The third kappa shape index (κ3) is 5.31. The molecule has 2 aromatic rings. The lowest BCUT2D eigenvalue weighted by molar-refractivity contribution is -0.0120. The number of likely N-dealkylation sites (tertiary alicyclic amines) is 1. The highest BCUT2D eigenvalue weighted by Crippen LogP contribution is 2.20. The molecule has 5 nitrogen and oxygen atoms in total. The SMILES string of the molecule is CN1CCC(O)(CNC(=O)Nc2cccc(Cc3ccccc3)c2)CC1. The summed E-state index contributed by atoms with van der Waals surface area (Å²) in [5, 5.41) is 16.2. The lowest BCUT2D eigenvalue weighted by Crippen LogP contribution is -2.50. The van der Waals surface area contributed by atoms with E-state index in [0.29, 0.717) is 12.8 Å². The Balaban J connectivity index is 1.52. The van der Waals surface area contributed by atoms with E-state index in [9.17, 15) is 9.90 Å². The van der Waals surface area contributed by atoms with Gasteiger partial charge in [-0.15, -0.1) is 0 Å². The number of hydrogen-bond acceptors (Lipinski definition) is 3. The molecule has 0 aromatic heterocycles. The average molecular weight is 353 g/mol. The van der Waals surface area contributed by atoms with E-state index in [2.05, 4.69) is 33.7 Å². The number of amides is 2. The van der Waals surface area contributed by atoms with Crippen LogP contribution in [0, 0.1) is 0 Å². The van der Waals surface area contributed by atoms with Gasteiger partial charge in [-0.25, -0.2) is 4.79 Å². The molecule has 3 rings (SSSR count). The molecule has 1 aliphatic rings. The van der Waals surface area contributed by atoms with Gasteiger partial charge in [0, 0.05) is 25.3 Å². The standard InChI is InChI=1S/C21H27N3O2/c1-24-12-10-21(26,11-13-24)16-22-20(25)23-19-9-5-8-18(15-19)14-17-6-3-2-4-7-17/h2-9,15,26H,10-14,16H2,1H3,(H2,22,23,25). The van der Waals surface area contributed by atoms with Gasteiger partial charge in [0.1, 0.15) is 0 Å². The molecule has 0 atom stereocenters. The van der Waals surface area contributed by atoms with E-state index in [1.165, 1.54) is 5.56 Å². The fraction of sp³-hybridized carbons (Fsp3) is 0.381. The van der Waals surface area contributed by atoms with E-state index >= 15 is 0 Å². The number of carbonyl (C=O) groups is 1. The molecule has 1 fully saturated rings. The van der Waals surface area contributed by atoms with Crippen molar-refractivity contribution in [3.05, 3.63) is 65.7 Å². The zero-order valence-corrected chi connectivity index (χ0v) is 15.2. The van der Waals surface area contributed by atoms with Crippen LogP contribution in [0.25, 0.3) is 0 Å². The molecule has 0 spiro atoms. The Bertz CT molecular complexity index is 725. The third-order valence-corrected chi connectivity index (χ3v) is 4.93. The summed E-state index contributed by atoms with van der Waals surface area (Å²) in [6, 6.07) is 17.8. The van der Waals surface area contributed by atoms with Crippen LogP contribution in [-0.2, 0) is 6.42 Å². The molecule has 0 saturated carbocycles. The molecule has 138 valence electrons. The highest BCUT2D eigenvalue weighted by molar-refractivity contribution is 5.89. The largest absolute Gasteiger partial charge is 0.388 e. The van der Waals surface area contributed by atoms with Crippen molar-refractivity contribution >= 4 is 11.7 Å². The zero-order valence-electron chi connectivity index (χ0n) is 15.2. The Hall–Kier alpha value is -2.37. The molecule has 1 saturated heterocycles. The van der Waals surface area contributed by atoms with Gasteiger partial charge in [-0.3, -0.25) is 0 Å². The van der Waals surface area contributed by atoms with Crippen LogP contribution in [0.1, 0.15) is 24.0 Å². The predicted molar refractivity (Wildman–Crippen MR) is 104 cm³/mol. The third-order valence-electron chi connectivity index (χ3n) is 4.93. The van der Waals surface area contributed by atoms with E-state index in [1.54, 1.807) is 0 Å². The van der Waals surface area contributed by atoms with Gasteiger partial charge in [0.25, 0.3) is 0 Å². The molecule has 0 aliphatic carbocycles. The van der Waals surface area contributed by atoms with Crippen molar-refractivity contribution in [1.29, 1.82) is 0 Å². The minimum Gasteiger partial charge on any atom is -0.388 e. The summed E-state index contributed by atoms with van der Waals surface area (Å²) in [6.07, 6.45) is 2.18. The quantitative estimate of drug-likeness (QED) is 0.774. The maximum Gasteiger partial charge on any atom is 0.319 e. The van der Waals surface area contributed by atoms with Crippen molar-refractivity contribution in [2.45, 2.75) is 24.9 Å². The van der Waals surface area contributed by atoms with Crippen molar-refractivity contribution < 1.29 is 9.90 Å². The molecular weight excluding hydrogens is 326 g/mol. The van der Waals surface area contributed by atoms with Crippen molar-refractivity contribution in [2.75, 3.05) is 32.0 Å². The van der Waals surface area contributed by atoms with Crippen LogP contribution >= 0.6 is 0 Å². The molecule has 0 bridgehead atoms. The summed E-state index contributed by atoms with van der Waals surface area (Å²) >= 11 is 0. The van der Waals surface area contributed by atoms with Crippen molar-refractivity contribution in [1.82, 2.24) is 10.2 Å². The number of aliphatic hydroxyl groups is 1. The van der Waals surface area contributed by atoms with Crippen LogP contribution in [0.4, 0.5) is 10.5 Å².